The van der Waals surface area contributed by atoms with Gasteiger partial charge in [0, 0.05) is 11.6 Å². The predicted molar refractivity (Wildman–Crippen MR) is 86.8 cm³/mol. The molecular weight excluding hydrogens is 294 g/mol. The van der Waals surface area contributed by atoms with Crippen molar-refractivity contribution in [3.63, 3.8) is 0 Å². The number of aryl methyl sites for hydroxylation is 2. The Bertz CT molecular complexity index is 833. The quantitative estimate of drug-likeness (QED) is 0.487. The minimum absolute atomic E-state index is 0.0433. The Morgan fingerprint density at radius 3 is 2.30 bits per heavy atom. The molecule has 3 aromatic rings. The van der Waals surface area contributed by atoms with Crippen molar-refractivity contribution in [3.8, 4) is 22.8 Å². The van der Waals surface area contributed by atoms with Crippen molar-refractivity contribution in [3.05, 3.63) is 76.0 Å². The first-order valence-corrected chi connectivity index (χ1v) is 7.11. The van der Waals surface area contributed by atoms with Gasteiger partial charge in [-0.15, -0.1) is 0 Å². The van der Waals surface area contributed by atoms with Gasteiger partial charge in [0.25, 0.3) is 5.69 Å². The molecule has 0 fully saturated rings. The lowest BCUT2D eigenvalue weighted by Gasteiger charge is -2.09. The number of rotatable bonds is 4. The van der Waals surface area contributed by atoms with E-state index in [-0.39, 0.29) is 5.69 Å². The molecule has 0 aliphatic carbocycles. The lowest BCUT2D eigenvalue weighted by molar-refractivity contribution is -0.384. The Labute approximate surface area is 133 Å². The van der Waals surface area contributed by atoms with Gasteiger partial charge in [0.05, 0.1) is 17.3 Å². The van der Waals surface area contributed by atoms with Crippen molar-refractivity contribution in [2.24, 2.45) is 0 Å². The molecule has 2 aromatic carbocycles. The van der Waals surface area contributed by atoms with Crippen LogP contribution in [0.3, 0.4) is 0 Å². The number of non-ortho nitro benzene ring substituents is 1. The summed E-state index contributed by atoms with van der Waals surface area (Å²) >= 11 is 0. The molecule has 0 unspecified atom stereocenters. The van der Waals surface area contributed by atoms with E-state index in [9.17, 15) is 10.1 Å². The Hall–Kier alpha value is -3.08. The minimum Gasteiger partial charge on any atom is -0.464 e. The van der Waals surface area contributed by atoms with Crippen molar-refractivity contribution >= 4 is 5.69 Å². The average molecular weight is 309 g/mol. The Kier molecular flexibility index (Phi) is 3.85. The number of nitro benzene ring substituents is 1. The van der Waals surface area contributed by atoms with Gasteiger partial charge in [0.1, 0.15) is 17.3 Å². The van der Waals surface area contributed by atoms with Gasteiger partial charge in [0.15, 0.2) is 0 Å². The molecule has 0 amide bonds. The van der Waals surface area contributed by atoms with Crippen LogP contribution < -0.4 is 4.74 Å². The normalized spacial score (nSPS) is 10.5. The average Bonchev–Trinajstić information content (AvgIpc) is 2.99. The third-order valence-corrected chi connectivity index (χ3v) is 3.34. The second-order valence-electron chi connectivity index (χ2n) is 5.38. The van der Waals surface area contributed by atoms with Gasteiger partial charge in [-0.1, -0.05) is 6.07 Å². The SMILES string of the molecule is Cc1cc(C)cc(Oc2cc(-c3ccco3)cc([N+](=O)[O-])c2)c1. The van der Waals surface area contributed by atoms with E-state index in [4.69, 9.17) is 9.15 Å². The van der Waals surface area contributed by atoms with Crippen molar-refractivity contribution in [2.75, 3.05) is 0 Å². The summed E-state index contributed by atoms with van der Waals surface area (Å²) in [6.07, 6.45) is 1.53. The van der Waals surface area contributed by atoms with Gasteiger partial charge in [-0.2, -0.15) is 0 Å². The summed E-state index contributed by atoms with van der Waals surface area (Å²) in [5, 5.41) is 11.2. The highest BCUT2D eigenvalue weighted by molar-refractivity contribution is 5.64. The predicted octanol–water partition coefficient (Wildman–Crippen LogP) is 5.26. The number of hydrogen-bond acceptors (Lipinski definition) is 4. The minimum atomic E-state index is -0.444. The fraction of sp³-hybridized carbons (Fsp3) is 0.111. The zero-order valence-corrected chi connectivity index (χ0v) is 12.8. The molecule has 1 aromatic heterocycles. The zero-order valence-electron chi connectivity index (χ0n) is 12.8. The van der Waals surface area contributed by atoms with Crippen LogP contribution in [0.2, 0.25) is 0 Å². The Morgan fingerprint density at radius 1 is 1.00 bits per heavy atom. The smallest absolute Gasteiger partial charge is 0.273 e. The molecule has 0 N–H and O–H groups in total. The lowest BCUT2D eigenvalue weighted by Crippen LogP contribution is -1.92. The van der Waals surface area contributed by atoms with Crippen LogP contribution in [0.4, 0.5) is 5.69 Å². The first kappa shape index (κ1) is 14.8. The van der Waals surface area contributed by atoms with E-state index in [2.05, 4.69) is 0 Å². The zero-order chi connectivity index (χ0) is 16.4. The van der Waals surface area contributed by atoms with Crippen LogP contribution in [0.15, 0.2) is 59.2 Å². The largest absolute Gasteiger partial charge is 0.464 e. The summed E-state index contributed by atoms with van der Waals surface area (Å²) in [7, 11) is 0. The molecule has 0 spiro atoms. The van der Waals surface area contributed by atoms with Crippen LogP contribution in [-0.2, 0) is 0 Å². The topological polar surface area (TPSA) is 65.5 Å². The van der Waals surface area contributed by atoms with E-state index < -0.39 is 4.92 Å². The van der Waals surface area contributed by atoms with E-state index in [1.165, 1.54) is 18.4 Å². The summed E-state index contributed by atoms with van der Waals surface area (Å²) in [4.78, 5) is 10.7. The highest BCUT2D eigenvalue weighted by Gasteiger charge is 2.14. The third kappa shape index (κ3) is 3.40. The second-order valence-corrected chi connectivity index (χ2v) is 5.38. The first-order valence-electron chi connectivity index (χ1n) is 7.11. The fourth-order valence-electron chi connectivity index (χ4n) is 2.46. The Balaban J connectivity index is 2.02. The first-order chi connectivity index (χ1) is 11.0. The molecule has 0 saturated carbocycles. The molecule has 0 aliphatic heterocycles. The number of benzene rings is 2. The number of hydrogen-bond donors (Lipinski definition) is 0. The van der Waals surface area contributed by atoms with Crippen molar-refractivity contribution in [1.29, 1.82) is 0 Å². The molecule has 5 nitrogen and oxygen atoms in total. The maximum Gasteiger partial charge on any atom is 0.273 e. The van der Waals surface area contributed by atoms with Crippen LogP contribution >= 0.6 is 0 Å². The van der Waals surface area contributed by atoms with E-state index >= 15 is 0 Å². The van der Waals surface area contributed by atoms with E-state index in [1.54, 1.807) is 18.2 Å². The number of nitrogens with zero attached hydrogens (tertiary/aromatic N) is 1. The summed E-state index contributed by atoms with van der Waals surface area (Å²) in [5.74, 6) is 1.60. The van der Waals surface area contributed by atoms with Gasteiger partial charge in [-0.25, -0.2) is 0 Å². The van der Waals surface area contributed by atoms with Gasteiger partial charge in [0.2, 0.25) is 0 Å². The number of nitro groups is 1. The van der Waals surface area contributed by atoms with Gasteiger partial charge < -0.3 is 9.15 Å². The summed E-state index contributed by atoms with van der Waals surface area (Å²) in [6, 6.07) is 13.9. The van der Waals surface area contributed by atoms with Crippen LogP contribution in [0.1, 0.15) is 11.1 Å². The van der Waals surface area contributed by atoms with Crippen molar-refractivity contribution < 1.29 is 14.1 Å². The molecule has 0 atom stereocenters. The third-order valence-electron chi connectivity index (χ3n) is 3.34. The van der Waals surface area contributed by atoms with Crippen LogP contribution in [0.5, 0.6) is 11.5 Å². The molecular formula is C18H15NO4. The molecule has 116 valence electrons. The molecule has 0 saturated heterocycles. The monoisotopic (exact) mass is 309 g/mol. The standard InChI is InChI=1S/C18H15NO4/c1-12-6-13(2)8-16(7-12)23-17-10-14(18-4-3-5-22-18)9-15(11-17)19(20)21/h3-11H,1-2H3. The molecule has 0 radical (unpaired) electrons. The molecule has 1 heterocycles. The maximum absolute atomic E-state index is 11.2. The van der Waals surface area contributed by atoms with Gasteiger partial charge in [-0.3, -0.25) is 10.1 Å². The maximum atomic E-state index is 11.2. The lowest BCUT2D eigenvalue weighted by atomic mass is 10.1. The highest BCUT2D eigenvalue weighted by Crippen LogP contribution is 2.33. The van der Waals surface area contributed by atoms with Crippen molar-refractivity contribution in [2.45, 2.75) is 13.8 Å². The van der Waals surface area contributed by atoms with Crippen molar-refractivity contribution in [1.82, 2.24) is 0 Å². The molecule has 23 heavy (non-hydrogen) atoms. The second kappa shape index (κ2) is 5.96. The highest BCUT2D eigenvalue weighted by atomic mass is 16.6. The summed E-state index contributed by atoms with van der Waals surface area (Å²) < 4.78 is 11.1. The molecule has 0 aliphatic rings. The molecule has 3 rings (SSSR count). The Morgan fingerprint density at radius 2 is 1.70 bits per heavy atom. The van der Waals surface area contributed by atoms with Crippen LogP contribution in [-0.4, -0.2) is 4.92 Å². The van der Waals surface area contributed by atoms with Gasteiger partial charge in [-0.05, 0) is 55.3 Å². The van der Waals surface area contributed by atoms with Crippen LogP contribution in [0, 0.1) is 24.0 Å². The van der Waals surface area contributed by atoms with E-state index in [1.807, 2.05) is 32.0 Å². The van der Waals surface area contributed by atoms with E-state index in [0.717, 1.165) is 11.1 Å². The molecule has 5 heteroatoms. The van der Waals surface area contributed by atoms with Gasteiger partial charge >= 0.3 is 0 Å². The fourth-order valence-corrected chi connectivity index (χ4v) is 2.46. The summed E-state index contributed by atoms with van der Waals surface area (Å²) in [6.45, 7) is 3.95. The summed E-state index contributed by atoms with van der Waals surface area (Å²) in [5.41, 5.74) is 2.69. The number of ether oxygens (including phenoxy) is 1. The molecule has 0 bridgehead atoms. The number of furan rings is 1. The van der Waals surface area contributed by atoms with Crippen LogP contribution in [0.25, 0.3) is 11.3 Å². The van der Waals surface area contributed by atoms with E-state index in [0.29, 0.717) is 22.8 Å².